The fourth-order valence-corrected chi connectivity index (χ4v) is 2.35. The van der Waals surface area contributed by atoms with Crippen molar-refractivity contribution in [3.05, 3.63) is 35.4 Å². The quantitative estimate of drug-likeness (QED) is 0.821. The van der Waals surface area contributed by atoms with Crippen LogP contribution in [0.4, 0.5) is 0 Å². The highest BCUT2D eigenvalue weighted by atomic mass is 16.5. The Morgan fingerprint density at radius 2 is 2.33 bits per heavy atom. The average Bonchev–Trinajstić information content (AvgIpc) is 2.37. The minimum atomic E-state index is -0.0660. The molecule has 0 aliphatic carbocycles. The van der Waals surface area contributed by atoms with Gasteiger partial charge in [-0.3, -0.25) is 4.79 Å². The van der Waals surface area contributed by atoms with Crippen LogP contribution in [-0.4, -0.2) is 30.2 Å². The van der Waals surface area contributed by atoms with Crippen molar-refractivity contribution >= 4 is 5.91 Å². The molecule has 1 saturated heterocycles. The topological polar surface area (TPSA) is 29.5 Å². The molecular formula is C15H21NO2. The molecule has 0 spiro atoms. The van der Waals surface area contributed by atoms with Crippen molar-refractivity contribution in [3.63, 3.8) is 0 Å². The third-order valence-corrected chi connectivity index (χ3v) is 3.37. The molecule has 1 aliphatic rings. The smallest absolute Gasteiger partial charge is 0.224 e. The first-order chi connectivity index (χ1) is 8.66. The first-order valence-electron chi connectivity index (χ1n) is 6.63. The summed E-state index contributed by atoms with van der Waals surface area (Å²) in [6, 6.07) is 8.34. The zero-order valence-electron chi connectivity index (χ0n) is 11.2. The Bertz CT molecular complexity index is 417. The molecule has 1 unspecified atom stereocenters. The number of rotatable bonds is 3. The molecule has 3 heteroatoms. The van der Waals surface area contributed by atoms with Crippen LogP contribution in [0.25, 0.3) is 0 Å². The van der Waals surface area contributed by atoms with Crippen LogP contribution in [0.3, 0.4) is 0 Å². The lowest BCUT2D eigenvalue weighted by Crippen LogP contribution is -2.44. The molecule has 2 rings (SSSR count). The van der Waals surface area contributed by atoms with E-state index >= 15 is 0 Å². The highest BCUT2D eigenvalue weighted by Crippen LogP contribution is 2.13. The van der Waals surface area contributed by atoms with E-state index in [0.717, 1.165) is 26.0 Å². The SMILES string of the molecule is Cc1cccc(CCC(=O)N2CCCOC2C)c1. The summed E-state index contributed by atoms with van der Waals surface area (Å²) < 4.78 is 5.49. The lowest BCUT2D eigenvalue weighted by molar-refractivity contribution is -0.151. The number of carbonyl (C=O) groups is 1. The molecule has 1 aromatic carbocycles. The van der Waals surface area contributed by atoms with Gasteiger partial charge < -0.3 is 9.64 Å². The number of benzene rings is 1. The van der Waals surface area contributed by atoms with Crippen LogP contribution in [0, 0.1) is 6.92 Å². The number of hydrogen-bond donors (Lipinski definition) is 0. The number of nitrogens with zero attached hydrogens (tertiary/aromatic N) is 1. The predicted octanol–water partition coefficient (Wildman–Crippen LogP) is 2.52. The molecule has 1 fully saturated rings. The normalized spacial score (nSPS) is 19.9. The number of ether oxygens (including phenoxy) is 1. The zero-order chi connectivity index (χ0) is 13.0. The van der Waals surface area contributed by atoms with Gasteiger partial charge in [-0.25, -0.2) is 0 Å². The van der Waals surface area contributed by atoms with E-state index in [9.17, 15) is 4.79 Å². The molecule has 1 atom stereocenters. The summed E-state index contributed by atoms with van der Waals surface area (Å²) in [5.74, 6) is 0.198. The molecule has 0 bridgehead atoms. The lowest BCUT2D eigenvalue weighted by atomic mass is 10.1. The molecule has 0 aromatic heterocycles. The van der Waals surface area contributed by atoms with Crippen molar-refractivity contribution in [2.75, 3.05) is 13.2 Å². The number of aryl methyl sites for hydroxylation is 2. The summed E-state index contributed by atoms with van der Waals surface area (Å²) >= 11 is 0. The monoisotopic (exact) mass is 247 g/mol. The van der Waals surface area contributed by atoms with Crippen LogP contribution >= 0.6 is 0 Å². The number of hydrogen-bond acceptors (Lipinski definition) is 2. The van der Waals surface area contributed by atoms with Gasteiger partial charge in [0.2, 0.25) is 5.91 Å². The van der Waals surface area contributed by atoms with E-state index in [-0.39, 0.29) is 12.1 Å². The van der Waals surface area contributed by atoms with Gasteiger partial charge in [-0.2, -0.15) is 0 Å². The Morgan fingerprint density at radius 3 is 3.06 bits per heavy atom. The molecular weight excluding hydrogens is 226 g/mol. The third kappa shape index (κ3) is 3.33. The second-order valence-electron chi connectivity index (χ2n) is 4.90. The Kier molecular flexibility index (Phi) is 4.37. The maximum atomic E-state index is 12.1. The number of carbonyl (C=O) groups excluding carboxylic acids is 1. The third-order valence-electron chi connectivity index (χ3n) is 3.37. The van der Waals surface area contributed by atoms with Crippen molar-refractivity contribution < 1.29 is 9.53 Å². The molecule has 0 saturated carbocycles. The largest absolute Gasteiger partial charge is 0.359 e. The van der Waals surface area contributed by atoms with E-state index in [1.165, 1.54) is 11.1 Å². The minimum absolute atomic E-state index is 0.0660. The Labute approximate surface area is 109 Å². The summed E-state index contributed by atoms with van der Waals surface area (Å²) in [4.78, 5) is 14.0. The van der Waals surface area contributed by atoms with Crippen molar-refractivity contribution in [3.8, 4) is 0 Å². The zero-order valence-corrected chi connectivity index (χ0v) is 11.2. The second kappa shape index (κ2) is 6.01. The molecule has 3 nitrogen and oxygen atoms in total. The molecule has 0 N–H and O–H groups in total. The summed E-state index contributed by atoms with van der Waals surface area (Å²) in [6.45, 7) is 5.62. The van der Waals surface area contributed by atoms with E-state index in [2.05, 4.69) is 25.1 Å². The van der Waals surface area contributed by atoms with Gasteiger partial charge in [-0.05, 0) is 32.3 Å². The standard InChI is InChI=1S/C15H21NO2/c1-12-5-3-6-14(11-12)7-8-15(17)16-9-4-10-18-13(16)2/h3,5-6,11,13H,4,7-10H2,1-2H3. The van der Waals surface area contributed by atoms with Crippen molar-refractivity contribution in [2.45, 2.75) is 39.3 Å². The van der Waals surface area contributed by atoms with Gasteiger partial charge in [0, 0.05) is 13.0 Å². The van der Waals surface area contributed by atoms with Gasteiger partial charge in [0.05, 0.1) is 6.61 Å². The van der Waals surface area contributed by atoms with Gasteiger partial charge in [-0.15, -0.1) is 0 Å². The maximum Gasteiger partial charge on any atom is 0.224 e. The van der Waals surface area contributed by atoms with Crippen molar-refractivity contribution in [2.24, 2.45) is 0 Å². The van der Waals surface area contributed by atoms with E-state index in [1.54, 1.807) is 0 Å². The number of amides is 1. The highest BCUT2D eigenvalue weighted by Gasteiger charge is 2.23. The van der Waals surface area contributed by atoms with Crippen LogP contribution in [0.1, 0.15) is 30.9 Å². The van der Waals surface area contributed by atoms with Gasteiger partial charge in [0.15, 0.2) is 0 Å². The van der Waals surface area contributed by atoms with Crippen LogP contribution in [0.15, 0.2) is 24.3 Å². The lowest BCUT2D eigenvalue weighted by Gasteiger charge is -2.33. The molecule has 18 heavy (non-hydrogen) atoms. The van der Waals surface area contributed by atoms with E-state index in [1.807, 2.05) is 17.9 Å². The van der Waals surface area contributed by atoms with Crippen LogP contribution in [0.5, 0.6) is 0 Å². The molecule has 98 valence electrons. The minimum Gasteiger partial charge on any atom is -0.359 e. The summed E-state index contributed by atoms with van der Waals surface area (Å²) in [7, 11) is 0. The molecule has 1 aromatic rings. The van der Waals surface area contributed by atoms with E-state index < -0.39 is 0 Å². The average molecular weight is 247 g/mol. The summed E-state index contributed by atoms with van der Waals surface area (Å²) in [6.07, 6.45) is 2.25. The molecule has 1 heterocycles. The van der Waals surface area contributed by atoms with Gasteiger partial charge in [-0.1, -0.05) is 29.8 Å². The first-order valence-corrected chi connectivity index (χ1v) is 6.63. The first kappa shape index (κ1) is 13.1. The van der Waals surface area contributed by atoms with Crippen LogP contribution in [-0.2, 0) is 16.0 Å². The Balaban J connectivity index is 1.88. The van der Waals surface area contributed by atoms with Gasteiger partial charge >= 0.3 is 0 Å². The molecule has 1 aliphatic heterocycles. The maximum absolute atomic E-state index is 12.1. The molecule has 0 radical (unpaired) electrons. The fraction of sp³-hybridized carbons (Fsp3) is 0.533. The fourth-order valence-electron chi connectivity index (χ4n) is 2.35. The van der Waals surface area contributed by atoms with E-state index in [0.29, 0.717) is 6.42 Å². The summed E-state index contributed by atoms with van der Waals surface area (Å²) in [5, 5.41) is 0. The predicted molar refractivity (Wildman–Crippen MR) is 71.2 cm³/mol. The van der Waals surface area contributed by atoms with Crippen LogP contribution < -0.4 is 0 Å². The Hall–Kier alpha value is -1.35. The van der Waals surface area contributed by atoms with Crippen molar-refractivity contribution in [1.29, 1.82) is 0 Å². The van der Waals surface area contributed by atoms with Crippen molar-refractivity contribution in [1.82, 2.24) is 4.90 Å². The molecule has 1 amide bonds. The van der Waals surface area contributed by atoms with Gasteiger partial charge in [0.1, 0.15) is 6.23 Å². The van der Waals surface area contributed by atoms with Gasteiger partial charge in [0.25, 0.3) is 0 Å². The second-order valence-corrected chi connectivity index (χ2v) is 4.90. The van der Waals surface area contributed by atoms with E-state index in [4.69, 9.17) is 4.74 Å². The summed E-state index contributed by atoms with van der Waals surface area (Å²) in [5.41, 5.74) is 2.48. The van der Waals surface area contributed by atoms with Crippen LogP contribution in [0.2, 0.25) is 0 Å². The highest BCUT2D eigenvalue weighted by molar-refractivity contribution is 5.76. The Morgan fingerprint density at radius 1 is 1.50 bits per heavy atom.